The fourth-order valence-electron chi connectivity index (χ4n) is 16.8. The van der Waals surface area contributed by atoms with E-state index in [1.807, 2.05) is 69.0 Å². The van der Waals surface area contributed by atoms with Crippen molar-refractivity contribution in [1.29, 1.82) is 0 Å². The van der Waals surface area contributed by atoms with Gasteiger partial charge in [-0.15, -0.1) is 10.2 Å². The SMILES string of the molecule is CNCc1cc(NC(=O)[C@H](CCCNC(N)=O)NC(=O)[C@@H](NC(=O)OC(C)(C)C)C(C)C)ccc1COC(=O)N(CCOC12CC3(Cn4ncc(-c5ccc(N6CCCc7c6nnc(Nc6nc8ccccc8s6)c7C)nc5C(=O)O)c4C)C[C@@](C)(C1)C[C@](C)(C3)C2)CC[C@H]1COC(C)(C)O1. The van der Waals surface area contributed by atoms with E-state index < -0.39 is 65.1 Å². The molecule has 2 aromatic carbocycles. The number of nitrogens with two attached hydrogens (primary N) is 1. The number of urea groups is 1. The summed E-state index contributed by atoms with van der Waals surface area (Å²) in [6, 6.07) is 14.1. The summed E-state index contributed by atoms with van der Waals surface area (Å²) in [5.74, 6) is -1.65. The maximum atomic E-state index is 14.5. The summed E-state index contributed by atoms with van der Waals surface area (Å²) in [5.41, 5.74) is 10.5. The molecule has 2 unspecified atom stereocenters. The average molecular weight is 1410 g/mol. The van der Waals surface area contributed by atoms with Crippen LogP contribution < -0.4 is 42.5 Å². The van der Waals surface area contributed by atoms with Crippen molar-refractivity contribution in [3.8, 4) is 11.1 Å². The molecule has 0 radical (unpaired) electrons. The van der Waals surface area contributed by atoms with Gasteiger partial charge in [0.25, 0.3) is 0 Å². The number of hydrogen-bond acceptors (Lipinski definition) is 20. The van der Waals surface area contributed by atoms with E-state index >= 15 is 0 Å². The molecule has 9 N–H and O–H groups in total. The summed E-state index contributed by atoms with van der Waals surface area (Å²) in [6.07, 6.45) is 8.30. The third-order valence-electron chi connectivity index (χ3n) is 20.0. The van der Waals surface area contributed by atoms with Gasteiger partial charge >= 0.3 is 24.2 Å². The minimum Gasteiger partial charge on any atom is -0.476 e. The molecule has 27 nitrogen and oxygen atoms in total. The number of amides is 6. The number of aromatic carboxylic acids is 1. The first-order valence-corrected chi connectivity index (χ1v) is 35.9. The lowest BCUT2D eigenvalue weighted by Gasteiger charge is -2.69. The first kappa shape index (κ1) is 73.6. The maximum Gasteiger partial charge on any atom is 0.410 e. The molecule has 101 heavy (non-hydrogen) atoms. The second kappa shape index (κ2) is 29.8. The predicted molar refractivity (Wildman–Crippen MR) is 383 cm³/mol. The molecule has 544 valence electrons. The highest BCUT2D eigenvalue weighted by Gasteiger charge is 2.66. The molecular formula is C73H99N15O12S. The van der Waals surface area contributed by atoms with Gasteiger partial charge in [-0.25, -0.2) is 29.1 Å². The molecule has 4 aliphatic carbocycles. The number of pyridine rings is 1. The van der Waals surface area contributed by atoms with Crippen LogP contribution in [-0.4, -0.2) is 158 Å². The summed E-state index contributed by atoms with van der Waals surface area (Å²) in [5, 5.41) is 43.3. The Morgan fingerprint density at radius 2 is 1.65 bits per heavy atom. The lowest BCUT2D eigenvalue weighted by atomic mass is 9.39. The van der Waals surface area contributed by atoms with Crippen molar-refractivity contribution >= 4 is 85.8 Å². The van der Waals surface area contributed by atoms with Gasteiger partial charge in [0.05, 0.1) is 41.3 Å². The maximum absolute atomic E-state index is 14.5. The molecule has 6 aromatic rings. The van der Waals surface area contributed by atoms with Crippen molar-refractivity contribution in [2.24, 2.45) is 27.9 Å². The standard InChI is InChI=1S/C73H99N15O12S/c1-43(2)57(82-66(94)100-68(5,6)7)62(90)79-54(19-15-26-76-64(74)93)61(89)78-48-22-21-46(47(31-48)32-75-12)34-96-67(95)86(28-25-49-35-98-69(8,9)99-49)29-30-97-73-39-70(10)36-71(11,40-73)38-72(37-70,41-73)42-88-45(4)52(33-77-88)51-23-24-56(81-58(51)63(91)92)87-27-16-17-50-44(3)59(84-85-60(50)87)83-65-80-53-18-13-14-20-55(53)101-65/h13-14,18,20-24,31,33,43,49,54,57,75H,15-17,19,25-30,32,34-42H2,1-12H3,(H,78,89)(H,79,90)(H,82,94)(H,91,92)(H3,74,76,93)(H,80,83,84)/t49-,54-,57-,70-,71+,72?,73?/m0/s1. The Morgan fingerprint density at radius 3 is 2.35 bits per heavy atom. The number of para-hydroxylation sites is 1. The summed E-state index contributed by atoms with van der Waals surface area (Å²) in [7, 11) is 1.78. The van der Waals surface area contributed by atoms with Crippen LogP contribution in [0.3, 0.4) is 0 Å². The zero-order chi connectivity index (χ0) is 72.4. The van der Waals surface area contributed by atoms with Crippen molar-refractivity contribution in [3.05, 3.63) is 94.4 Å². The molecule has 0 spiro atoms. The molecule has 1 saturated heterocycles. The number of fused-ring (bicyclic) bond motifs is 2. The van der Waals surface area contributed by atoms with Crippen LogP contribution in [0, 0.1) is 36.0 Å². The molecule has 4 saturated carbocycles. The van der Waals surface area contributed by atoms with E-state index in [-0.39, 0.29) is 66.7 Å². The fourth-order valence-corrected chi connectivity index (χ4v) is 17.7. The molecule has 28 heteroatoms. The van der Waals surface area contributed by atoms with E-state index in [1.165, 1.54) is 0 Å². The molecular weight excluding hydrogens is 1310 g/mol. The van der Waals surface area contributed by atoms with Crippen molar-refractivity contribution in [3.63, 3.8) is 0 Å². The number of ether oxygens (including phenoxy) is 5. The Bertz CT molecular complexity index is 4020. The number of nitrogens with zero attached hydrogens (tertiary/aromatic N) is 8. The van der Waals surface area contributed by atoms with Crippen molar-refractivity contribution < 1.29 is 57.6 Å². The number of nitrogens with one attached hydrogen (secondary N) is 6. The Morgan fingerprint density at radius 1 is 0.891 bits per heavy atom. The average Bonchev–Trinajstić information content (AvgIpc) is 0.807. The lowest BCUT2D eigenvalue weighted by molar-refractivity contribution is -0.248. The second-order valence-corrected chi connectivity index (χ2v) is 31.9. The quantitative estimate of drug-likeness (QED) is 0.0212. The number of rotatable bonds is 28. The summed E-state index contributed by atoms with van der Waals surface area (Å²) in [6.45, 7) is 24.0. The van der Waals surface area contributed by atoms with E-state index in [0.29, 0.717) is 85.5 Å². The Hall–Kier alpha value is -8.57. The van der Waals surface area contributed by atoms with Gasteiger partial charge in [0.1, 0.15) is 30.1 Å². The van der Waals surface area contributed by atoms with Crippen molar-refractivity contribution in [2.75, 3.05) is 62.0 Å². The van der Waals surface area contributed by atoms with Gasteiger partial charge in [-0.1, -0.05) is 57.2 Å². The minimum absolute atomic E-state index is 0.0233. The number of alkyl carbamates (subject to hydrolysis) is 1. The fraction of sp³-hybridized carbons (Fsp3) is 0.575. The van der Waals surface area contributed by atoms with Crippen molar-refractivity contribution in [1.82, 2.24) is 56.1 Å². The Balaban J connectivity index is 0.759. The van der Waals surface area contributed by atoms with Gasteiger partial charge in [0, 0.05) is 72.9 Å². The topological polar surface area (TPSA) is 343 Å². The zero-order valence-corrected chi connectivity index (χ0v) is 61.0. The first-order chi connectivity index (χ1) is 47.8. The van der Waals surface area contributed by atoms with Crippen LogP contribution in [0.5, 0.6) is 0 Å². The summed E-state index contributed by atoms with van der Waals surface area (Å²) >= 11 is 1.55. The van der Waals surface area contributed by atoms with Crippen LogP contribution in [0.1, 0.15) is 165 Å². The molecule has 4 aromatic heterocycles. The van der Waals surface area contributed by atoms with Crippen LogP contribution in [0.15, 0.2) is 60.8 Å². The highest BCUT2D eigenvalue weighted by molar-refractivity contribution is 7.22. The number of hydrogen-bond donors (Lipinski definition) is 8. The molecule has 2 aliphatic heterocycles. The lowest BCUT2D eigenvalue weighted by Crippen LogP contribution is -2.64. The third kappa shape index (κ3) is 17.5. The van der Waals surface area contributed by atoms with E-state index in [0.717, 1.165) is 89.1 Å². The number of aromatic nitrogens is 6. The smallest absolute Gasteiger partial charge is 0.410 e. The van der Waals surface area contributed by atoms with Crippen LogP contribution in [0.4, 0.5) is 42.7 Å². The van der Waals surface area contributed by atoms with Gasteiger partial charge in [0.15, 0.2) is 28.2 Å². The number of benzene rings is 2. The number of carboxylic acid groups (broad SMARTS) is 1. The van der Waals surface area contributed by atoms with E-state index in [1.54, 1.807) is 82.3 Å². The first-order valence-electron chi connectivity index (χ1n) is 35.1. The number of primary amides is 1. The van der Waals surface area contributed by atoms with E-state index in [9.17, 15) is 33.9 Å². The largest absolute Gasteiger partial charge is 0.476 e. The molecule has 5 fully saturated rings. The Labute approximate surface area is 593 Å². The highest BCUT2D eigenvalue weighted by Crippen LogP contribution is 2.72. The molecule has 6 heterocycles. The van der Waals surface area contributed by atoms with Crippen LogP contribution in [-0.2, 0) is 59.4 Å². The van der Waals surface area contributed by atoms with E-state index in [2.05, 4.69) is 55.5 Å². The van der Waals surface area contributed by atoms with Gasteiger partial charge in [-0.2, -0.15) is 5.10 Å². The van der Waals surface area contributed by atoms with E-state index in [4.69, 9.17) is 49.6 Å². The van der Waals surface area contributed by atoms with Crippen LogP contribution in [0.25, 0.3) is 21.3 Å². The van der Waals surface area contributed by atoms with Crippen LogP contribution in [0.2, 0.25) is 0 Å². The van der Waals surface area contributed by atoms with Crippen molar-refractivity contribution in [2.45, 2.75) is 202 Å². The number of carbonyl (C=O) groups excluding carboxylic acids is 5. The molecule has 12 rings (SSSR count). The molecule has 6 aliphatic rings. The number of carbonyl (C=O) groups is 6. The number of anilines is 5. The molecule has 7 atom stereocenters. The zero-order valence-electron chi connectivity index (χ0n) is 60.2. The van der Waals surface area contributed by atoms with Crippen LogP contribution >= 0.6 is 11.3 Å². The van der Waals surface area contributed by atoms with Gasteiger partial charge < -0.3 is 76.2 Å². The summed E-state index contributed by atoms with van der Waals surface area (Å²) < 4.78 is 34.1. The minimum atomic E-state index is -1.15. The second-order valence-electron chi connectivity index (χ2n) is 30.9. The number of carboxylic acids is 1. The van der Waals surface area contributed by atoms with Gasteiger partial charge in [-0.3, -0.25) is 14.3 Å². The van der Waals surface area contributed by atoms with Gasteiger partial charge in [0.2, 0.25) is 11.8 Å². The Kier molecular flexibility index (Phi) is 21.7. The normalized spacial score (nSPS) is 22.5. The predicted octanol–water partition coefficient (Wildman–Crippen LogP) is 10.9. The number of thiazole rings is 1. The monoisotopic (exact) mass is 1410 g/mol. The summed E-state index contributed by atoms with van der Waals surface area (Å²) in [4.78, 5) is 93.2. The third-order valence-corrected chi connectivity index (χ3v) is 21.0. The van der Waals surface area contributed by atoms with Gasteiger partial charge in [-0.05, 0) is 196 Å². The molecule has 4 bridgehead atoms. The highest BCUT2D eigenvalue weighted by atomic mass is 32.1. The molecule has 6 amide bonds.